The molecule has 0 aromatic rings. The van der Waals surface area contributed by atoms with Gasteiger partial charge in [-0.15, -0.1) is 0 Å². The van der Waals surface area contributed by atoms with E-state index in [2.05, 4.69) is 20.4 Å². The Kier molecular flexibility index (Phi) is 5.39. The topological polar surface area (TPSA) is 81.8 Å². The number of hydrogen-bond donors (Lipinski definition) is 2. The number of amides is 4. The second kappa shape index (κ2) is 8.00. The summed E-state index contributed by atoms with van der Waals surface area (Å²) in [5.41, 5.74) is 0. The van der Waals surface area contributed by atoms with Gasteiger partial charge in [0.2, 0.25) is 11.8 Å². The van der Waals surface area contributed by atoms with Crippen molar-refractivity contribution in [1.82, 2.24) is 20.4 Å². The molecule has 5 heterocycles. The summed E-state index contributed by atoms with van der Waals surface area (Å²) in [6, 6.07) is 0.865. The number of thioether (sulfide) groups is 1. The number of rotatable bonds is 5. The first-order valence-corrected chi connectivity index (χ1v) is 12.4. The zero-order valence-corrected chi connectivity index (χ0v) is 17.8. The lowest BCUT2D eigenvalue weighted by atomic mass is 9.76. The van der Waals surface area contributed by atoms with Crippen molar-refractivity contribution in [2.45, 2.75) is 74.7 Å². The van der Waals surface area contributed by atoms with Crippen molar-refractivity contribution in [2.75, 3.05) is 25.4 Å². The summed E-state index contributed by atoms with van der Waals surface area (Å²) in [4.78, 5) is 40.8. The molecule has 0 aromatic carbocycles. The summed E-state index contributed by atoms with van der Waals surface area (Å²) in [5.74, 6) is 2.55. The van der Waals surface area contributed by atoms with E-state index in [0.717, 1.165) is 57.5 Å². The number of carbonyl (C=O) groups is 3. The fraction of sp³-hybridized carbons (Fsp3) is 0.857. The maximum absolute atomic E-state index is 12.8. The molecule has 0 spiro atoms. The normalized spacial score (nSPS) is 38.3. The number of urea groups is 1. The molecule has 8 heteroatoms. The highest BCUT2D eigenvalue weighted by Crippen LogP contribution is 2.38. The molecule has 4 amide bonds. The highest BCUT2D eigenvalue weighted by Gasteiger charge is 2.45. The van der Waals surface area contributed by atoms with Crippen LogP contribution >= 0.6 is 11.8 Å². The third kappa shape index (κ3) is 3.84. The van der Waals surface area contributed by atoms with Crippen LogP contribution in [0.4, 0.5) is 4.79 Å². The number of nitrogens with one attached hydrogen (secondary N) is 2. The Morgan fingerprint density at radius 3 is 2.93 bits per heavy atom. The highest BCUT2D eigenvalue weighted by molar-refractivity contribution is 8.00. The molecule has 5 aliphatic rings. The van der Waals surface area contributed by atoms with Crippen LogP contribution in [-0.2, 0) is 9.59 Å². The van der Waals surface area contributed by atoms with Crippen molar-refractivity contribution in [3.63, 3.8) is 0 Å². The summed E-state index contributed by atoms with van der Waals surface area (Å²) < 4.78 is 0. The number of likely N-dealkylation sites (tertiary alicyclic amines) is 1. The van der Waals surface area contributed by atoms with E-state index in [0.29, 0.717) is 47.8 Å². The van der Waals surface area contributed by atoms with Gasteiger partial charge in [-0.3, -0.25) is 9.59 Å². The van der Waals surface area contributed by atoms with Crippen molar-refractivity contribution < 1.29 is 14.4 Å². The molecule has 29 heavy (non-hydrogen) atoms. The number of piperidine rings is 3. The minimum atomic E-state index is -0.0330. The zero-order chi connectivity index (χ0) is 20.0. The minimum absolute atomic E-state index is 0.0330. The van der Waals surface area contributed by atoms with Crippen LogP contribution in [0, 0.1) is 11.8 Å². The molecule has 2 N–H and O–H groups in total. The van der Waals surface area contributed by atoms with Gasteiger partial charge in [0.05, 0.1) is 12.1 Å². The van der Waals surface area contributed by atoms with E-state index < -0.39 is 0 Å². The summed E-state index contributed by atoms with van der Waals surface area (Å²) >= 11 is 1.94. The Morgan fingerprint density at radius 1 is 1.14 bits per heavy atom. The number of fused-ring (bicyclic) bond motifs is 5. The molecule has 2 bridgehead atoms. The molecule has 0 aromatic heterocycles. The van der Waals surface area contributed by atoms with E-state index in [1.807, 2.05) is 11.8 Å². The Morgan fingerprint density at radius 2 is 2.03 bits per heavy atom. The second-order valence-corrected chi connectivity index (χ2v) is 10.8. The molecule has 160 valence electrons. The quantitative estimate of drug-likeness (QED) is 0.523. The van der Waals surface area contributed by atoms with Crippen LogP contribution in [0.2, 0.25) is 0 Å². The first-order valence-electron chi connectivity index (χ1n) is 11.3. The Bertz CT molecular complexity index is 689. The fourth-order valence-corrected chi connectivity index (χ4v) is 7.78. The smallest absolute Gasteiger partial charge is 0.315 e. The van der Waals surface area contributed by atoms with E-state index in [-0.39, 0.29) is 18.1 Å². The van der Waals surface area contributed by atoms with Gasteiger partial charge in [-0.2, -0.15) is 11.8 Å². The molecular weight excluding hydrogens is 388 g/mol. The first-order chi connectivity index (χ1) is 14.1. The van der Waals surface area contributed by atoms with Gasteiger partial charge < -0.3 is 20.4 Å². The number of nitrogens with zero attached hydrogens (tertiary/aromatic N) is 2. The van der Waals surface area contributed by atoms with E-state index in [9.17, 15) is 14.4 Å². The van der Waals surface area contributed by atoms with Crippen LogP contribution < -0.4 is 10.6 Å². The standard InChI is InChI=1S/C21H32N4O3S/c26-18(6-2-1-5-17-20-15(12-29-17)22-21(28)23-20)24-9-13-8-14(11-24)16-4-3-7-19(27)25(16)10-13/h13-17,20H,1-12H2,(H2,22,23,28)/t13-,14+,15+,16?,17?,20+/m1/s1. The first kappa shape index (κ1) is 19.5. The average molecular weight is 421 g/mol. The molecule has 5 saturated heterocycles. The molecule has 7 nitrogen and oxygen atoms in total. The zero-order valence-electron chi connectivity index (χ0n) is 17.0. The SMILES string of the molecule is O=C1N[C@H]2CSC(CCCCC(=O)N3C[C@H]4C[C@@H](C3)C3CCCC(=O)N3C4)[C@H]2N1. The van der Waals surface area contributed by atoms with Gasteiger partial charge in [-0.05, 0) is 43.9 Å². The minimum Gasteiger partial charge on any atom is -0.342 e. The van der Waals surface area contributed by atoms with Crippen molar-refractivity contribution in [1.29, 1.82) is 0 Å². The maximum atomic E-state index is 12.8. The van der Waals surface area contributed by atoms with E-state index in [1.54, 1.807) is 0 Å². The lowest BCUT2D eigenvalue weighted by molar-refractivity contribution is -0.148. The van der Waals surface area contributed by atoms with Gasteiger partial charge in [0, 0.05) is 49.5 Å². The highest BCUT2D eigenvalue weighted by atomic mass is 32.2. The molecule has 5 aliphatic heterocycles. The molecule has 6 atom stereocenters. The lowest BCUT2D eigenvalue weighted by Crippen LogP contribution is -2.61. The lowest BCUT2D eigenvalue weighted by Gasteiger charge is -2.52. The van der Waals surface area contributed by atoms with Gasteiger partial charge in [-0.25, -0.2) is 4.79 Å². The van der Waals surface area contributed by atoms with Crippen LogP contribution in [0.25, 0.3) is 0 Å². The number of unbranched alkanes of at least 4 members (excludes halogenated alkanes) is 1. The van der Waals surface area contributed by atoms with Gasteiger partial charge in [0.1, 0.15) is 0 Å². The van der Waals surface area contributed by atoms with Crippen molar-refractivity contribution in [2.24, 2.45) is 11.8 Å². The molecule has 0 saturated carbocycles. The van der Waals surface area contributed by atoms with Crippen LogP contribution in [-0.4, -0.2) is 76.4 Å². The molecule has 5 rings (SSSR count). The third-order valence-electron chi connectivity index (χ3n) is 7.60. The van der Waals surface area contributed by atoms with Crippen LogP contribution in [0.3, 0.4) is 0 Å². The molecular formula is C21H32N4O3S. The summed E-state index contributed by atoms with van der Waals surface area (Å²) in [6.07, 6.45) is 7.65. The van der Waals surface area contributed by atoms with Gasteiger partial charge in [-0.1, -0.05) is 6.42 Å². The summed E-state index contributed by atoms with van der Waals surface area (Å²) in [6.45, 7) is 2.51. The summed E-state index contributed by atoms with van der Waals surface area (Å²) in [7, 11) is 0. The van der Waals surface area contributed by atoms with Crippen molar-refractivity contribution >= 4 is 29.6 Å². The Balaban J connectivity index is 1.07. The van der Waals surface area contributed by atoms with E-state index in [4.69, 9.17) is 0 Å². The fourth-order valence-electron chi connectivity index (χ4n) is 6.24. The average Bonchev–Trinajstić information content (AvgIpc) is 3.25. The molecule has 0 aliphatic carbocycles. The predicted molar refractivity (Wildman–Crippen MR) is 111 cm³/mol. The summed E-state index contributed by atoms with van der Waals surface area (Å²) in [5, 5.41) is 6.50. The monoisotopic (exact) mass is 420 g/mol. The van der Waals surface area contributed by atoms with Crippen LogP contribution in [0.5, 0.6) is 0 Å². The largest absolute Gasteiger partial charge is 0.342 e. The number of hydrogen-bond acceptors (Lipinski definition) is 4. The Labute approximate surface area is 176 Å². The second-order valence-electron chi connectivity index (χ2n) is 9.53. The van der Waals surface area contributed by atoms with E-state index >= 15 is 0 Å². The Hall–Kier alpha value is -1.44. The van der Waals surface area contributed by atoms with Crippen LogP contribution in [0.1, 0.15) is 51.4 Å². The van der Waals surface area contributed by atoms with Crippen molar-refractivity contribution in [3.05, 3.63) is 0 Å². The van der Waals surface area contributed by atoms with Crippen molar-refractivity contribution in [3.8, 4) is 0 Å². The molecule has 2 unspecified atom stereocenters. The van der Waals surface area contributed by atoms with Crippen LogP contribution in [0.15, 0.2) is 0 Å². The maximum Gasteiger partial charge on any atom is 0.315 e. The van der Waals surface area contributed by atoms with Gasteiger partial charge >= 0.3 is 6.03 Å². The molecule has 5 fully saturated rings. The van der Waals surface area contributed by atoms with E-state index in [1.165, 1.54) is 6.42 Å². The third-order valence-corrected chi connectivity index (χ3v) is 9.11. The predicted octanol–water partition coefficient (Wildman–Crippen LogP) is 1.57. The van der Waals surface area contributed by atoms with Gasteiger partial charge in [0.15, 0.2) is 0 Å². The molecule has 0 radical (unpaired) electrons. The van der Waals surface area contributed by atoms with Gasteiger partial charge in [0.25, 0.3) is 0 Å². The number of carbonyl (C=O) groups excluding carboxylic acids is 3.